The van der Waals surface area contributed by atoms with Crippen molar-refractivity contribution in [3.05, 3.63) is 59.7 Å². The highest BCUT2D eigenvalue weighted by Crippen LogP contribution is 2.16. The Morgan fingerprint density at radius 1 is 1.00 bits per heavy atom. The second kappa shape index (κ2) is 8.15. The number of esters is 2. The van der Waals surface area contributed by atoms with Gasteiger partial charge in [0.2, 0.25) is 0 Å². The van der Waals surface area contributed by atoms with Gasteiger partial charge in [-0.15, -0.1) is 0 Å². The summed E-state index contributed by atoms with van der Waals surface area (Å²) >= 11 is 0. The van der Waals surface area contributed by atoms with Crippen LogP contribution in [0.15, 0.2) is 48.5 Å². The molecule has 0 saturated heterocycles. The molecule has 0 aliphatic carbocycles. The fourth-order valence-corrected chi connectivity index (χ4v) is 1.91. The normalized spacial score (nSPS) is 10.3. The van der Waals surface area contributed by atoms with Crippen LogP contribution in [0.4, 0.5) is 0 Å². The van der Waals surface area contributed by atoms with Crippen molar-refractivity contribution in [3.63, 3.8) is 0 Å². The molecule has 0 amide bonds. The number of hydrogen-bond acceptors (Lipinski definition) is 5. The first kappa shape index (κ1) is 17.5. The molecular weight excluding hydrogens is 308 g/mol. The molecule has 2 rings (SSSR count). The van der Waals surface area contributed by atoms with E-state index in [-0.39, 0.29) is 18.5 Å². The second-order valence-corrected chi connectivity index (χ2v) is 5.56. The SMILES string of the molecule is Cc1ccc(OCC(=O)Oc2cccc(C(=O)OC(C)C)c2)cc1. The van der Waals surface area contributed by atoms with Crippen LogP contribution in [0.3, 0.4) is 0 Å². The zero-order chi connectivity index (χ0) is 17.5. The van der Waals surface area contributed by atoms with Crippen LogP contribution in [0.5, 0.6) is 11.5 Å². The summed E-state index contributed by atoms with van der Waals surface area (Å²) in [6.45, 7) is 5.29. The first-order valence-electron chi connectivity index (χ1n) is 7.65. The van der Waals surface area contributed by atoms with E-state index in [4.69, 9.17) is 14.2 Å². The number of carbonyl (C=O) groups is 2. The molecule has 0 saturated carbocycles. The van der Waals surface area contributed by atoms with E-state index in [1.54, 1.807) is 44.2 Å². The number of benzene rings is 2. The van der Waals surface area contributed by atoms with E-state index in [1.807, 2.05) is 19.1 Å². The van der Waals surface area contributed by atoms with E-state index < -0.39 is 11.9 Å². The van der Waals surface area contributed by atoms with E-state index in [0.29, 0.717) is 11.3 Å². The van der Waals surface area contributed by atoms with Crippen molar-refractivity contribution in [2.75, 3.05) is 6.61 Å². The minimum atomic E-state index is -0.551. The average molecular weight is 328 g/mol. The molecule has 0 aromatic heterocycles. The molecule has 0 heterocycles. The van der Waals surface area contributed by atoms with Crippen molar-refractivity contribution in [2.24, 2.45) is 0 Å². The molecule has 2 aromatic rings. The monoisotopic (exact) mass is 328 g/mol. The van der Waals surface area contributed by atoms with Crippen molar-refractivity contribution in [1.82, 2.24) is 0 Å². The molecule has 2 aromatic carbocycles. The molecule has 0 bridgehead atoms. The quantitative estimate of drug-likeness (QED) is 0.599. The van der Waals surface area contributed by atoms with Gasteiger partial charge in [0, 0.05) is 0 Å². The Balaban J connectivity index is 1.91. The van der Waals surface area contributed by atoms with Gasteiger partial charge in [-0.1, -0.05) is 23.8 Å². The molecule has 0 spiro atoms. The summed E-state index contributed by atoms with van der Waals surface area (Å²) in [6.07, 6.45) is -0.216. The van der Waals surface area contributed by atoms with Crippen molar-refractivity contribution < 1.29 is 23.8 Å². The number of carbonyl (C=O) groups excluding carboxylic acids is 2. The lowest BCUT2D eigenvalue weighted by molar-refractivity contribution is -0.136. The zero-order valence-electron chi connectivity index (χ0n) is 13.9. The van der Waals surface area contributed by atoms with Crippen LogP contribution in [-0.4, -0.2) is 24.6 Å². The largest absolute Gasteiger partial charge is 0.482 e. The first-order valence-corrected chi connectivity index (χ1v) is 7.65. The third-order valence-electron chi connectivity index (χ3n) is 3.02. The molecule has 0 unspecified atom stereocenters. The van der Waals surface area contributed by atoms with Crippen LogP contribution in [0.1, 0.15) is 29.8 Å². The van der Waals surface area contributed by atoms with Gasteiger partial charge in [-0.05, 0) is 51.1 Å². The van der Waals surface area contributed by atoms with Crippen LogP contribution in [-0.2, 0) is 9.53 Å². The maximum Gasteiger partial charge on any atom is 0.349 e. The van der Waals surface area contributed by atoms with Gasteiger partial charge in [0.25, 0.3) is 0 Å². The summed E-state index contributed by atoms with van der Waals surface area (Å²) in [4.78, 5) is 23.7. The zero-order valence-corrected chi connectivity index (χ0v) is 13.9. The van der Waals surface area contributed by atoms with Crippen LogP contribution >= 0.6 is 0 Å². The Bertz CT molecular complexity index is 704. The maximum absolute atomic E-state index is 11.8. The Morgan fingerprint density at radius 3 is 2.38 bits per heavy atom. The van der Waals surface area contributed by atoms with Crippen LogP contribution in [0.2, 0.25) is 0 Å². The molecule has 0 radical (unpaired) electrons. The molecule has 0 atom stereocenters. The second-order valence-electron chi connectivity index (χ2n) is 5.56. The molecule has 0 aliphatic heterocycles. The molecule has 126 valence electrons. The summed E-state index contributed by atoms with van der Waals surface area (Å²) in [5, 5.41) is 0. The van der Waals surface area contributed by atoms with Gasteiger partial charge >= 0.3 is 11.9 Å². The lowest BCUT2D eigenvalue weighted by Gasteiger charge is -2.10. The van der Waals surface area contributed by atoms with Crippen molar-refractivity contribution in [1.29, 1.82) is 0 Å². The van der Waals surface area contributed by atoms with E-state index in [0.717, 1.165) is 5.56 Å². The van der Waals surface area contributed by atoms with Gasteiger partial charge in [0.15, 0.2) is 6.61 Å². The molecule has 0 N–H and O–H groups in total. The lowest BCUT2D eigenvalue weighted by Crippen LogP contribution is -2.18. The predicted molar refractivity (Wildman–Crippen MR) is 89.3 cm³/mol. The average Bonchev–Trinajstić information content (AvgIpc) is 2.54. The number of aryl methyl sites for hydroxylation is 1. The summed E-state index contributed by atoms with van der Waals surface area (Å²) in [7, 11) is 0. The van der Waals surface area contributed by atoms with Crippen LogP contribution < -0.4 is 9.47 Å². The van der Waals surface area contributed by atoms with E-state index in [1.165, 1.54) is 6.07 Å². The van der Waals surface area contributed by atoms with Gasteiger partial charge in [-0.3, -0.25) is 0 Å². The fraction of sp³-hybridized carbons (Fsp3) is 0.263. The Hall–Kier alpha value is -2.82. The first-order chi connectivity index (χ1) is 11.4. The molecular formula is C19H20O5. The highest BCUT2D eigenvalue weighted by atomic mass is 16.6. The Labute approximate surface area is 141 Å². The minimum absolute atomic E-state index is 0.216. The Kier molecular flexibility index (Phi) is 5.95. The van der Waals surface area contributed by atoms with E-state index in [9.17, 15) is 9.59 Å². The van der Waals surface area contributed by atoms with Crippen molar-refractivity contribution >= 4 is 11.9 Å². The standard InChI is InChI=1S/C19H20O5/c1-13(2)23-19(21)15-5-4-6-17(11-15)24-18(20)12-22-16-9-7-14(3)8-10-16/h4-11,13H,12H2,1-3H3. The smallest absolute Gasteiger partial charge is 0.349 e. The molecule has 5 nitrogen and oxygen atoms in total. The van der Waals surface area contributed by atoms with Crippen molar-refractivity contribution in [2.45, 2.75) is 26.9 Å². The number of ether oxygens (including phenoxy) is 3. The third-order valence-corrected chi connectivity index (χ3v) is 3.02. The van der Waals surface area contributed by atoms with E-state index in [2.05, 4.69) is 0 Å². The molecule has 5 heteroatoms. The minimum Gasteiger partial charge on any atom is -0.482 e. The highest BCUT2D eigenvalue weighted by Gasteiger charge is 2.12. The van der Waals surface area contributed by atoms with Gasteiger partial charge < -0.3 is 14.2 Å². The molecule has 0 fully saturated rings. The maximum atomic E-state index is 11.8. The van der Waals surface area contributed by atoms with Gasteiger partial charge in [-0.25, -0.2) is 9.59 Å². The number of hydrogen-bond donors (Lipinski definition) is 0. The van der Waals surface area contributed by atoms with Gasteiger partial charge in [0.1, 0.15) is 11.5 Å². The highest BCUT2D eigenvalue weighted by molar-refractivity contribution is 5.90. The Morgan fingerprint density at radius 2 is 1.71 bits per heavy atom. The summed E-state index contributed by atoms with van der Waals surface area (Å²) < 4.78 is 15.7. The predicted octanol–water partition coefficient (Wildman–Crippen LogP) is 3.54. The van der Waals surface area contributed by atoms with Crippen LogP contribution in [0.25, 0.3) is 0 Å². The third kappa shape index (κ3) is 5.43. The van der Waals surface area contributed by atoms with Gasteiger partial charge in [0.05, 0.1) is 11.7 Å². The fourth-order valence-electron chi connectivity index (χ4n) is 1.91. The lowest BCUT2D eigenvalue weighted by atomic mass is 10.2. The summed E-state index contributed by atoms with van der Waals surface area (Å²) in [6, 6.07) is 13.6. The number of rotatable bonds is 6. The summed E-state index contributed by atoms with van der Waals surface area (Å²) in [5.74, 6) is -0.152. The summed E-state index contributed by atoms with van der Waals surface area (Å²) in [5.41, 5.74) is 1.43. The van der Waals surface area contributed by atoms with E-state index >= 15 is 0 Å². The van der Waals surface area contributed by atoms with Crippen LogP contribution in [0, 0.1) is 6.92 Å². The topological polar surface area (TPSA) is 61.8 Å². The molecule has 0 aliphatic rings. The van der Waals surface area contributed by atoms with Crippen molar-refractivity contribution in [3.8, 4) is 11.5 Å². The molecule has 24 heavy (non-hydrogen) atoms. The van der Waals surface area contributed by atoms with Gasteiger partial charge in [-0.2, -0.15) is 0 Å².